The van der Waals surface area contributed by atoms with Crippen molar-refractivity contribution in [3.63, 3.8) is 0 Å². The highest BCUT2D eigenvalue weighted by molar-refractivity contribution is 9.11. The van der Waals surface area contributed by atoms with E-state index < -0.39 is 23.4 Å². The molecule has 0 radical (unpaired) electrons. The molecular weight excluding hydrogens is 456 g/mol. The number of esters is 1. The molecule has 0 bridgehead atoms. The molecule has 1 aromatic carbocycles. The van der Waals surface area contributed by atoms with Crippen molar-refractivity contribution in [2.24, 2.45) is 0 Å². The zero-order valence-electron chi connectivity index (χ0n) is 11.7. The van der Waals surface area contributed by atoms with Gasteiger partial charge in [0.25, 0.3) is 11.6 Å². The van der Waals surface area contributed by atoms with Crippen LogP contribution >= 0.6 is 31.9 Å². The molecule has 0 fully saturated rings. The number of halogens is 2. The maximum Gasteiger partial charge on any atom is 0.328 e. The van der Waals surface area contributed by atoms with E-state index in [1.807, 2.05) is 0 Å². The maximum absolute atomic E-state index is 11.8. The lowest BCUT2D eigenvalue weighted by Crippen LogP contribution is -2.23. The minimum Gasteiger partial charge on any atom is -0.454 e. The van der Waals surface area contributed by atoms with E-state index in [0.717, 1.165) is 4.68 Å². The number of amides is 1. The van der Waals surface area contributed by atoms with Gasteiger partial charge in [-0.1, -0.05) is 0 Å². The van der Waals surface area contributed by atoms with Gasteiger partial charge in [0.15, 0.2) is 6.61 Å². The van der Waals surface area contributed by atoms with E-state index in [-0.39, 0.29) is 17.9 Å². The number of hydrogen-bond acceptors (Lipinski definition) is 8. The zero-order chi connectivity index (χ0) is 17.7. The lowest BCUT2D eigenvalue weighted by atomic mass is 10.3. The van der Waals surface area contributed by atoms with Crippen molar-refractivity contribution in [3.05, 3.63) is 37.5 Å². The zero-order valence-corrected chi connectivity index (χ0v) is 14.9. The van der Waals surface area contributed by atoms with Gasteiger partial charge in [0, 0.05) is 21.1 Å². The van der Waals surface area contributed by atoms with Gasteiger partial charge in [0.2, 0.25) is 0 Å². The van der Waals surface area contributed by atoms with Gasteiger partial charge in [0.05, 0.1) is 10.6 Å². The summed E-state index contributed by atoms with van der Waals surface area (Å²) in [5, 5.41) is 23.4. The van der Waals surface area contributed by atoms with Crippen molar-refractivity contribution in [1.29, 1.82) is 0 Å². The Labute approximate surface area is 150 Å². The fraction of sp³-hybridized carbons (Fsp3) is 0.182. The van der Waals surface area contributed by atoms with E-state index in [9.17, 15) is 19.7 Å². The smallest absolute Gasteiger partial charge is 0.328 e. The molecule has 0 aliphatic rings. The molecule has 0 atom stereocenters. The number of rotatable bonds is 6. The van der Waals surface area contributed by atoms with Crippen molar-refractivity contribution >= 4 is 55.1 Å². The van der Waals surface area contributed by atoms with Crippen LogP contribution in [0.4, 0.5) is 11.4 Å². The van der Waals surface area contributed by atoms with E-state index in [2.05, 4.69) is 52.7 Å². The van der Waals surface area contributed by atoms with Crippen LogP contribution in [0.15, 0.2) is 27.4 Å². The number of aromatic nitrogens is 4. The second-order valence-electron chi connectivity index (χ2n) is 4.26. The molecule has 126 valence electrons. The monoisotopic (exact) mass is 462 g/mol. The summed E-state index contributed by atoms with van der Waals surface area (Å²) < 4.78 is 6.53. The first kappa shape index (κ1) is 17.9. The lowest BCUT2D eigenvalue weighted by molar-refractivity contribution is -0.385. The van der Waals surface area contributed by atoms with Crippen LogP contribution in [0.3, 0.4) is 0 Å². The average molecular weight is 464 g/mol. The molecule has 0 saturated heterocycles. The van der Waals surface area contributed by atoms with Gasteiger partial charge in [-0.05, 0) is 42.3 Å². The fourth-order valence-corrected chi connectivity index (χ4v) is 2.90. The van der Waals surface area contributed by atoms with Gasteiger partial charge in [-0.25, -0.2) is 4.68 Å². The molecule has 2 rings (SSSR count). The first-order valence-corrected chi connectivity index (χ1v) is 7.75. The van der Waals surface area contributed by atoms with Gasteiger partial charge >= 0.3 is 5.97 Å². The van der Waals surface area contributed by atoms with Crippen molar-refractivity contribution in [2.45, 2.75) is 6.54 Å². The second-order valence-corrected chi connectivity index (χ2v) is 5.97. The molecule has 13 heteroatoms. The fourth-order valence-electron chi connectivity index (χ4n) is 1.54. The third kappa shape index (κ3) is 4.79. The van der Waals surface area contributed by atoms with Gasteiger partial charge in [-0.2, -0.15) is 0 Å². The number of nitro groups is 1. The van der Waals surface area contributed by atoms with Crippen LogP contribution < -0.4 is 5.32 Å². The Bertz CT molecular complexity index is 758. The highest BCUT2D eigenvalue weighted by Crippen LogP contribution is 2.35. The number of hydrogen-bond donors (Lipinski definition) is 1. The maximum atomic E-state index is 11.8. The number of nitro benzene ring substituents is 1. The summed E-state index contributed by atoms with van der Waals surface area (Å²) in [4.78, 5) is 33.5. The average Bonchev–Trinajstić information content (AvgIpc) is 3.01. The molecule has 0 aliphatic heterocycles. The number of anilines is 1. The minimum absolute atomic E-state index is 0.153. The van der Waals surface area contributed by atoms with Gasteiger partial charge in [0.1, 0.15) is 12.9 Å². The summed E-state index contributed by atoms with van der Waals surface area (Å²) in [6, 6.07) is 2.48. The summed E-state index contributed by atoms with van der Waals surface area (Å²) in [6.07, 6.45) is 1.23. The third-order valence-corrected chi connectivity index (χ3v) is 3.80. The number of carbonyl (C=O) groups is 2. The van der Waals surface area contributed by atoms with Crippen molar-refractivity contribution in [3.8, 4) is 0 Å². The molecule has 11 nitrogen and oxygen atoms in total. The lowest BCUT2D eigenvalue weighted by Gasteiger charge is -2.10. The van der Waals surface area contributed by atoms with Crippen LogP contribution in [0.5, 0.6) is 0 Å². The molecule has 2 aromatic rings. The second kappa shape index (κ2) is 7.92. The Morgan fingerprint density at radius 1 is 1.33 bits per heavy atom. The van der Waals surface area contributed by atoms with Crippen LogP contribution in [0.25, 0.3) is 0 Å². The quantitative estimate of drug-likeness (QED) is 0.383. The number of ether oxygens (including phenoxy) is 1. The Morgan fingerprint density at radius 3 is 2.54 bits per heavy atom. The molecule has 1 heterocycles. The predicted octanol–water partition coefficient (Wildman–Crippen LogP) is 1.29. The molecule has 0 unspecified atom stereocenters. The van der Waals surface area contributed by atoms with Crippen LogP contribution in [0.2, 0.25) is 0 Å². The number of tetrazole rings is 1. The SMILES string of the molecule is O=C(COC(=O)Cn1cnnn1)Nc1c(Br)cc([N+](=O)[O-])cc1Br. The summed E-state index contributed by atoms with van der Waals surface area (Å²) in [6.45, 7) is -0.762. The highest BCUT2D eigenvalue weighted by Gasteiger charge is 2.17. The molecule has 0 spiro atoms. The van der Waals surface area contributed by atoms with E-state index >= 15 is 0 Å². The summed E-state index contributed by atoms with van der Waals surface area (Å²) in [5.41, 5.74) is 0.127. The Balaban J connectivity index is 1.92. The number of non-ortho nitro benzene ring substituents is 1. The first-order chi connectivity index (χ1) is 11.4. The Hall–Kier alpha value is -2.41. The van der Waals surface area contributed by atoms with Crippen molar-refractivity contribution in [2.75, 3.05) is 11.9 Å². The number of carbonyl (C=O) groups excluding carboxylic acids is 2. The molecule has 0 saturated carbocycles. The van der Waals surface area contributed by atoms with Crippen LogP contribution in [-0.2, 0) is 20.9 Å². The summed E-state index contributed by atoms with van der Waals surface area (Å²) >= 11 is 6.26. The van der Waals surface area contributed by atoms with E-state index in [1.165, 1.54) is 18.5 Å². The molecule has 1 N–H and O–H groups in total. The van der Waals surface area contributed by atoms with Gasteiger partial charge in [-0.15, -0.1) is 5.10 Å². The molecule has 1 amide bonds. The predicted molar refractivity (Wildman–Crippen MR) is 85.9 cm³/mol. The Morgan fingerprint density at radius 2 is 2.00 bits per heavy atom. The first-order valence-electron chi connectivity index (χ1n) is 6.16. The third-order valence-electron chi connectivity index (χ3n) is 2.55. The standard InChI is InChI=1S/C11H8Br2N6O5/c12-7-1-6(19(22)23)2-8(13)11(7)15-9(20)4-24-10(21)3-18-5-14-16-17-18/h1-2,5H,3-4H2,(H,15,20). The number of nitrogens with zero attached hydrogens (tertiary/aromatic N) is 5. The largest absolute Gasteiger partial charge is 0.454 e. The molecule has 0 aliphatic carbocycles. The van der Waals surface area contributed by atoms with Crippen molar-refractivity contribution in [1.82, 2.24) is 20.2 Å². The number of nitrogens with one attached hydrogen (secondary N) is 1. The van der Waals surface area contributed by atoms with Crippen LogP contribution in [-0.4, -0.2) is 43.6 Å². The van der Waals surface area contributed by atoms with Crippen molar-refractivity contribution < 1.29 is 19.2 Å². The van der Waals surface area contributed by atoms with E-state index in [0.29, 0.717) is 8.95 Å². The summed E-state index contributed by atoms with van der Waals surface area (Å²) in [7, 11) is 0. The minimum atomic E-state index is -0.695. The molecule has 1 aromatic heterocycles. The van der Waals surface area contributed by atoms with Crippen LogP contribution in [0.1, 0.15) is 0 Å². The topological polar surface area (TPSA) is 142 Å². The number of benzene rings is 1. The van der Waals surface area contributed by atoms with Crippen LogP contribution in [0, 0.1) is 10.1 Å². The molecule has 24 heavy (non-hydrogen) atoms. The van der Waals surface area contributed by atoms with Gasteiger partial charge in [-0.3, -0.25) is 19.7 Å². The van der Waals surface area contributed by atoms with E-state index in [4.69, 9.17) is 4.74 Å². The van der Waals surface area contributed by atoms with E-state index in [1.54, 1.807) is 0 Å². The summed E-state index contributed by atoms with van der Waals surface area (Å²) in [5.74, 6) is -1.31. The molecular formula is C11H8Br2N6O5. The normalized spacial score (nSPS) is 10.2. The Kier molecular flexibility index (Phi) is 5.92. The van der Waals surface area contributed by atoms with Gasteiger partial charge < -0.3 is 10.1 Å². The highest BCUT2D eigenvalue weighted by atomic mass is 79.9.